The molecule has 4 aromatic rings. The van der Waals surface area contributed by atoms with Gasteiger partial charge in [0.2, 0.25) is 5.89 Å². The maximum atomic E-state index is 6.26. The van der Waals surface area contributed by atoms with Gasteiger partial charge in [0.15, 0.2) is 16.8 Å². The van der Waals surface area contributed by atoms with Crippen molar-refractivity contribution in [2.45, 2.75) is 31.2 Å². The molecule has 0 bridgehead atoms. The first-order valence-corrected chi connectivity index (χ1v) is 11.0. The van der Waals surface area contributed by atoms with Crippen molar-refractivity contribution in [3.8, 4) is 17.1 Å². The van der Waals surface area contributed by atoms with Crippen LogP contribution in [0, 0.1) is 5.92 Å². The molecule has 0 atom stereocenters. The van der Waals surface area contributed by atoms with Gasteiger partial charge in [-0.3, -0.25) is 9.55 Å². The predicted octanol–water partition coefficient (Wildman–Crippen LogP) is 5.51. The molecule has 0 aliphatic heterocycles. The number of benzene rings is 1. The van der Waals surface area contributed by atoms with Crippen LogP contribution in [-0.4, -0.2) is 29.9 Å². The maximum Gasteiger partial charge on any atom is 0.226 e. The highest BCUT2D eigenvalue weighted by molar-refractivity contribution is 7.98. The highest BCUT2D eigenvalue weighted by Crippen LogP contribution is 2.32. The van der Waals surface area contributed by atoms with Gasteiger partial charge in [0.1, 0.15) is 0 Å². The zero-order chi connectivity index (χ0) is 21.1. The van der Waals surface area contributed by atoms with Crippen LogP contribution in [0.2, 0.25) is 10.0 Å². The van der Waals surface area contributed by atoms with Crippen molar-refractivity contribution in [1.82, 2.24) is 29.9 Å². The van der Waals surface area contributed by atoms with Gasteiger partial charge < -0.3 is 4.52 Å². The summed E-state index contributed by atoms with van der Waals surface area (Å²) in [5.74, 6) is 2.85. The smallest absolute Gasteiger partial charge is 0.226 e. The van der Waals surface area contributed by atoms with Crippen LogP contribution in [0.15, 0.2) is 52.4 Å². The van der Waals surface area contributed by atoms with Gasteiger partial charge in [-0.1, -0.05) is 54.0 Å². The minimum Gasteiger partial charge on any atom is -0.339 e. The average molecular weight is 461 g/mol. The molecule has 3 aromatic heterocycles. The fraction of sp³-hybridized carbons (Fsp3) is 0.250. The molecule has 1 aromatic carbocycles. The molecule has 4 rings (SSSR count). The Morgan fingerprint density at radius 1 is 1.13 bits per heavy atom. The van der Waals surface area contributed by atoms with Crippen LogP contribution in [0.4, 0.5) is 0 Å². The summed E-state index contributed by atoms with van der Waals surface area (Å²) in [5, 5.41) is 14.4. The normalized spacial score (nSPS) is 11.4. The van der Waals surface area contributed by atoms with Gasteiger partial charge in [-0.05, 0) is 36.2 Å². The average Bonchev–Trinajstić information content (AvgIpc) is 3.35. The van der Waals surface area contributed by atoms with Crippen molar-refractivity contribution in [3.05, 3.63) is 64.5 Å². The van der Waals surface area contributed by atoms with Gasteiger partial charge >= 0.3 is 0 Å². The molecule has 0 aliphatic rings. The number of hydrogen-bond acceptors (Lipinski definition) is 7. The molecule has 0 fully saturated rings. The first-order chi connectivity index (χ1) is 14.5. The molecule has 0 saturated carbocycles. The van der Waals surface area contributed by atoms with E-state index in [1.54, 1.807) is 24.5 Å². The van der Waals surface area contributed by atoms with E-state index in [9.17, 15) is 0 Å². The van der Waals surface area contributed by atoms with Gasteiger partial charge in [-0.2, -0.15) is 4.98 Å². The minimum absolute atomic E-state index is 0.450. The second-order valence-corrected chi connectivity index (χ2v) is 8.73. The van der Waals surface area contributed by atoms with E-state index in [0.717, 1.165) is 17.7 Å². The van der Waals surface area contributed by atoms with E-state index in [-0.39, 0.29) is 0 Å². The highest BCUT2D eigenvalue weighted by atomic mass is 35.5. The molecule has 154 valence electrons. The van der Waals surface area contributed by atoms with E-state index in [4.69, 9.17) is 27.7 Å². The first-order valence-electron chi connectivity index (χ1n) is 9.26. The Morgan fingerprint density at radius 3 is 2.73 bits per heavy atom. The number of pyridine rings is 1. The first kappa shape index (κ1) is 20.8. The van der Waals surface area contributed by atoms with E-state index in [1.807, 2.05) is 22.8 Å². The minimum atomic E-state index is 0.450. The van der Waals surface area contributed by atoms with E-state index < -0.39 is 0 Å². The summed E-state index contributed by atoms with van der Waals surface area (Å²) in [7, 11) is 0. The molecular formula is C20H18Cl2N6OS. The van der Waals surface area contributed by atoms with Crippen LogP contribution in [-0.2, 0) is 12.2 Å². The van der Waals surface area contributed by atoms with Crippen LogP contribution in [0.1, 0.15) is 25.6 Å². The summed E-state index contributed by atoms with van der Waals surface area (Å²) in [6.07, 6.45) is 4.20. The Bertz CT molecular complexity index is 1150. The third kappa shape index (κ3) is 4.66. The summed E-state index contributed by atoms with van der Waals surface area (Å²) in [6, 6.07) is 9.18. The summed E-state index contributed by atoms with van der Waals surface area (Å²) >= 11 is 13.8. The molecule has 0 radical (unpaired) electrons. The van der Waals surface area contributed by atoms with Crippen LogP contribution in [0.5, 0.6) is 0 Å². The molecule has 10 heteroatoms. The molecular weight excluding hydrogens is 443 g/mol. The number of rotatable bonds is 7. The summed E-state index contributed by atoms with van der Waals surface area (Å²) < 4.78 is 7.24. The van der Waals surface area contributed by atoms with Gasteiger partial charge in [0.25, 0.3) is 0 Å². The van der Waals surface area contributed by atoms with E-state index >= 15 is 0 Å². The molecule has 0 spiro atoms. The maximum absolute atomic E-state index is 6.26. The molecule has 0 amide bonds. The number of thioether (sulfide) groups is 1. The van der Waals surface area contributed by atoms with Crippen LogP contribution in [0.3, 0.4) is 0 Å². The summed E-state index contributed by atoms with van der Waals surface area (Å²) in [4.78, 5) is 8.64. The number of aromatic nitrogens is 6. The standard InChI is InChI=1S/C20H18Cl2N6OS/c1-12(2)8-18-24-17(27-29-18)11-30-20-26-25-19(13-4-3-7-23-10-13)28(20)14-5-6-15(21)16(22)9-14/h3-7,9-10,12H,8,11H2,1-2H3. The number of halogens is 2. The van der Waals surface area contributed by atoms with Crippen LogP contribution >= 0.6 is 35.0 Å². The highest BCUT2D eigenvalue weighted by Gasteiger charge is 2.18. The molecule has 0 N–H and O–H groups in total. The van der Waals surface area contributed by atoms with E-state index in [0.29, 0.717) is 44.4 Å². The van der Waals surface area contributed by atoms with Gasteiger partial charge in [-0.25, -0.2) is 0 Å². The Hall–Kier alpha value is -2.42. The second kappa shape index (κ2) is 9.16. The monoisotopic (exact) mass is 460 g/mol. The fourth-order valence-electron chi connectivity index (χ4n) is 2.81. The Balaban J connectivity index is 1.66. The van der Waals surface area contributed by atoms with Crippen molar-refractivity contribution < 1.29 is 4.52 Å². The lowest BCUT2D eigenvalue weighted by molar-refractivity contribution is 0.360. The van der Waals surface area contributed by atoms with Crippen molar-refractivity contribution >= 4 is 35.0 Å². The fourth-order valence-corrected chi connectivity index (χ4v) is 3.90. The molecule has 3 heterocycles. The second-order valence-electron chi connectivity index (χ2n) is 6.97. The largest absolute Gasteiger partial charge is 0.339 e. The molecule has 30 heavy (non-hydrogen) atoms. The summed E-state index contributed by atoms with van der Waals surface area (Å²) in [6.45, 7) is 4.22. The third-order valence-electron chi connectivity index (χ3n) is 4.14. The quantitative estimate of drug-likeness (QED) is 0.336. The summed E-state index contributed by atoms with van der Waals surface area (Å²) in [5.41, 5.74) is 1.63. The van der Waals surface area contributed by atoms with E-state index in [2.05, 4.69) is 39.2 Å². The van der Waals surface area contributed by atoms with Crippen LogP contribution < -0.4 is 0 Å². The van der Waals surface area contributed by atoms with Crippen molar-refractivity contribution in [2.75, 3.05) is 0 Å². The Morgan fingerprint density at radius 2 is 2.00 bits per heavy atom. The lowest BCUT2D eigenvalue weighted by Gasteiger charge is -2.10. The SMILES string of the molecule is CC(C)Cc1nc(CSc2nnc(-c3cccnc3)n2-c2ccc(Cl)c(Cl)c2)no1. The van der Waals surface area contributed by atoms with Crippen molar-refractivity contribution in [1.29, 1.82) is 0 Å². The number of hydrogen-bond donors (Lipinski definition) is 0. The zero-order valence-corrected chi connectivity index (χ0v) is 18.6. The van der Waals surface area contributed by atoms with Gasteiger partial charge in [-0.15, -0.1) is 10.2 Å². The van der Waals surface area contributed by atoms with Gasteiger partial charge in [0, 0.05) is 24.4 Å². The number of nitrogens with zero attached hydrogens (tertiary/aromatic N) is 6. The van der Waals surface area contributed by atoms with Crippen LogP contribution in [0.25, 0.3) is 17.1 Å². The van der Waals surface area contributed by atoms with E-state index in [1.165, 1.54) is 11.8 Å². The Kier molecular flexibility index (Phi) is 6.36. The lowest BCUT2D eigenvalue weighted by atomic mass is 10.1. The predicted molar refractivity (Wildman–Crippen MR) is 117 cm³/mol. The molecule has 0 saturated heterocycles. The topological polar surface area (TPSA) is 82.5 Å². The van der Waals surface area contributed by atoms with Crippen molar-refractivity contribution in [3.63, 3.8) is 0 Å². The lowest BCUT2D eigenvalue weighted by Crippen LogP contribution is -2.00. The molecule has 0 aliphatic carbocycles. The van der Waals surface area contributed by atoms with Gasteiger partial charge in [0.05, 0.1) is 21.5 Å². The Labute approximate surface area is 187 Å². The van der Waals surface area contributed by atoms with Crippen molar-refractivity contribution in [2.24, 2.45) is 5.92 Å². The third-order valence-corrected chi connectivity index (χ3v) is 5.80. The zero-order valence-electron chi connectivity index (χ0n) is 16.3. The molecule has 7 nitrogen and oxygen atoms in total. The molecule has 0 unspecified atom stereocenters.